The molecule has 0 spiro atoms. The summed E-state index contributed by atoms with van der Waals surface area (Å²) in [5.74, 6) is 0.733. The van der Waals surface area contributed by atoms with Gasteiger partial charge in [-0.2, -0.15) is 0 Å². The standard InChI is InChI=1S/C24H29N7O3/c1-3-4-9-31-21-20(22(32)27-24(31)34)28(2)19(26-21)15-29-10-12-30(13-11-29)23(33)18-14-16-7-5-6-8-17(16)25-18/h5-8,14,25H,3-4,9-13,15H2,1-2H3,(H,27,32,34). The summed E-state index contributed by atoms with van der Waals surface area (Å²) in [7, 11) is 1.81. The zero-order valence-electron chi connectivity index (χ0n) is 19.5. The number of H-pyrrole nitrogens is 2. The van der Waals surface area contributed by atoms with Crippen molar-refractivity contribution in [3.63, 3.8) is 0 Å². The number of nitrogens with zero attached hydrogens (tertiary/aromatic N) is 5. The SMILES string of the molecule is CCCCn1c(=O)[nH]c(=O)c2c1nc(CN1CCN(C(=O)c3cc4ccccc4[nH]3)CC1)n2C. The molecule has 0 unspecified atom stereocenters. The van der Waals surface area contributed by atoms with Crippen molar-refractivity contribution in [3.05, 3.63) is 62.7 Å². The first-order valence-electron chi connectivity index (χ1n) is 11.7. The van der Waals surface area contributed by atoms with Gasteiger partial charge in [0.05, 0.1) is 6.54 Å². The summed E-state index contributed by atoms with van der Waals surface area (Å²) in [6.07, 6.45) is 1.77. The van der Waals surface area contributed by atoms with Gasteiger partial charge in [-0.05, 0) is 18.6 Å². The number of fused-ring (bicyclic) bond motifs is 2. The van der Waals surface area contributed by atoms with Gasteiger partial charge in [-0.1, -0.05) is 31.5 Å². The third-order valence-electron chi connectivity index (χ3n) is 6.63. The molecule has 10 nitrogen and oxygen atoms in total. The first kappa shape index (κ1) is 22.1. The maximum Gasteiger partial charge on any atom is 0.330 e. The molecule has 0 bridgehead atoms. The predicted molar refractivity (Wildman–Crippen MR) is 130 cm³/mol. The summed E-state index contributed by atoms with van der Waals surface area (Å²) in [4.78, 5) is 52.2. The van der Waals surface area contributed by atoms with Crippen LogP contribution >= 0.6 is 0 Å². The van der Waals surface area contributed by atoms with E-state index in [9.17, 15) is 14.4 Å². The number of benzene rings is 1. The number of para-hydroxylation sites is 1. The number of hydrogen-bond donors (Lipinski definition) is 2. The molecule has 1 aliphatic rings. The van der Waals surface area contributed by atoms with E-state index >= 15 is 0 Å². The molecule has 3 aromatic heterocycles. The Morgan fingerprint density at radius 3 is 2.59 bits per heavy atom. The number of carbonyl (C=O) groups is 1. The van der Waals surface area contributed by atoms with Crippen LogP contribution in [0.25, 0.3) is 22.1 Å². The van der Waals surface area contributed by atoms with E-state index in [1.54, 1.807) is 9.13 Å². The Morgan fingerprint density at radius 1 is 1.09 bits per heavy atom. The summed E-state index contributed by atoms with van der Waals surface area (Å²) in [5, 5.41) is 1.03. The van der Waals surface area contributed by atoms with E-state index in [4.69, 9.17) is 0 Å². The van der Waals surface area contributed by atoms with Gasteiger partial charge in [0.1, 0.15) is 11.5 Å². The number of aryl methyl sites for hydroxylation is 2. The molecule has 1 saturated heterocycles. The van der Waals surface area contributed by atoms with Gasteiger partial charge in [0.25, 0.3) is 11.5 Å². The zero-order chi connectivity index (χ0) is 23.8. The van der Waals surface area contributed by atoms with Gasteiger partial charge in [-0.3, -0.25) is 24.0 Å². The van der Waals surface area contributed by atoms with Crippen molar-refractivity contribution in [2.75, 3.05) is 26.2 Å². The van der Waals surface area contributed by atoms with E-state index < -0.39 is 11.2 Å². The molecule has 1 aromatic carbocycles. The number of piperazine rings is 1. The van der Waals surface area contributed by atoms with Gasteiger partial charge < -0.3 is 14.5 Å². The van der Waals surface area contributed by atoms with Crippen LogP contribution in [0.5, 0.6) is 0 Å². The van der Waals surface area contributed by atoms with E-state index in [0.717, 1.165) is 29.6 Å². The van der Waals surface area contributed by atoms with Crippen LogP contribution < -0.4 is 11.2 Å². The number of hydrogen-bond acceptors (Lipinski definition) is 5. The zero-order valence-corrected chi connectivity index (χ0v) is 19.5. The van der Waals surface area contributed by atoms with E-state index in [1.165, 1.54) is 0 Å². The first-order chi connectivity index (χ1) is 16.5. The minimum atomic E-state index is -0.417. The quantitative estimate of drug-likeness (QED) is 0.452. The number of aromatic nitrogens is 5. The number of nitrogens with one attached hydrogen (secondary N) is 2. The van der Waals surface area contributed by atoms with Crippen molar-refractivity contribution in [1.82, 2.24) is 33.9 Å². The van der Waals surface area contributed by atoms with Gasteiger partial charge in [-0.25, -0.2) is 9.78 Å². The highest BCUT2D eigenvalue weighted by atomic mass is 16.2. The molecule has 178 valence electrons. The molecular weight excluding hydrogens is 434 g/mol. The summed E-state index contributed by atoms with van der Waals surface area (Å²) < 4.78 is 3.33. The molecule has 0 aliphatic carbocycles. The van der Waals surface area contributed by atoms with Crippen LogP contribution in [-0.4, -0.2) is 66.0 Å². The Bertz CT molecular complexity index is 1430. The molecule has 1 fully saturated rings. The van der Waals surface area contributed by atoms with Crippen LogP contribution in [0.4, 0.5) is 0 Å². The van der Waals surface area contributed by atoms with Gasteiger partial charge in [0.2, 0.25) is 0 Å². The number of amides is 1. The highest BCUT2D eigenvalue weighted by Gasteiger charge is 2.25. The number of imidazole rings is 1. The third kappa shape index (κ3) is 3.94. The maximum absolute atomic E-state index is 13.0. The largest absolute Gasteiger partial charge is 0.351 e. The molecule has 0 radical (unpaired) electrons. The van der Waals surface area contributed by atoms with Crippen molar-refractivity contribution in [1.29, 1.82) is 0 Å². The Kier molecular flexibility index (Phi) is 5.82. The Hall–Kier alpha value is -3.66. The van der Waals surface area contributed by atoms with Gasteiger partial charge >= 0.3 is 5.69 Å². The Morgan fingerprint density at radius 2 is 1.85 bits per heavy atom. The Balaban J connectivity index is 1.30. The minimum absolute atomic E-state index is 0.00468. The lowest BCUT2D eigenvalue weighted by molar-refractivity contribution is 0.0619. The van der Waals surface area contributed by atoms with Gasteiger partial charge in [0.15, 0.2) is 11.2 Å². The number of unbranched alkanes of at least 4 members (excludes halogenated alkanes) is 1. The van der Waals surface area contributed by atoms with Crippen molar-refractivity contribution < 1.29 is 4.79 Å². The van der Waals surface area contributed by atoms with Gasteiger partial charge in [-0.15, -0.1) is 0 Å². The van der Waals surface area contributed by atoms with Crippen molar-refractivity contribution in [2.45, 2.75) is 32.9 Å². The molecular formula is C24H29N7O3. The summed E-state index contributed by atoms with van der Waals surface area (Å²) in [5.41, 5.74) is 1.58. The monoisotopic (exact) mass is 463 g/mol. The van der Waals surface area contributed by atoms with Crippen LogP contribution in [0, 0.1) is 0 Å². The molecule has 1 amide bonds. The molecule has 1 aliphatic heterocycles. The molecule has 34 heavy (non-hydrogen) atoms. The van der Waals surface area contributed by atoms with Crippen LogP contribution in [0.15, 0.2) is 39.9 Å². The van der Waals surface area contributed by atoms with E-state index in [2.05, 4.69) is 26.8 Å². The minimum Gasteiger partial charge on any atom is -0.351 e. The molecule has 0 atom stereocenters. The second-order valence-electron chi connectivity index (χ2n) is 8.86. The van der Waals surface area contributed by atoms with Crippen LogP contribution in [0.1, 0.15) is 36.1 Å². The lowest BCUT2D eigenvalue weighted by Gasteiger charge is -2.34. The summed E-state index contributed by atoms with van der Waals surface area (Å²) in [6, 6.07) is 9.77. The molecule has 4 aromatic rings. The topological polar surface area (TPSA) is 112 Å². The second kappa shape index (κ2) is 8.94. The van der Waals surface area contributed by atoms with Gasteiger partial charge in [0, 0.05) is 50.7 Å². The average Bonchev–Trinajstić information content (AvgIpc) is 3.41. The fourth-order valence-electron chi connectivity index (χ4n) is 4.62. The van der Waals surface area contributed by atoms with Crippen LogP contribution in [0.3, 0.4) is 0 Å². The normalized spacial score (nSPS) is 14.9. The molecule has 0 saturated carbocycles. The highest BCUT2D eigenvalue weighted by Crippen LogP contribution is 2.18. The van der Waals surface area contributed by atoms with Crippen molar-refractivity contribution in [2.24, 2.45) is 7.05 Å². The molecule has 5 rings (SSSR count). The molecule has 10 heteroatoms. The highest BCUT2D eigenvalue weighted by molar-refractivity contribution is 5.98. The lowest BCUT2D eigenvalue weighted by atomic mass is 10.2. The molecule has 4 heterocycles. The van der Waals surface area contributed by atoms with E-state index in [0.29, 0.717) is 56.1 Å². The number of rotatable bonds is 6. The van der Waals surface area contributed by atoms with Crippen LogP contribution in [-0.2, 0) is 20.1 Å². The average molecular weight is 464 g/mol. The molecule has 2 N–H and O–H groups in total. The third-order valence-corrected chi connectivity index (χ3v) is 6.63. The number of aromatic amines is 2. The lowest BCUT2D eigenvalue weighted by Crippen LogP contribution is -2.48. The number of carbonyl (C=O) groups excluding carboxylic acids is 1. The fourth-order valence-corrected chi connectivity index (χ4v) is 4.62. The van der Waals surface area contributed by atoms with Crippen molar-refractivity contribution in [3.8, 4) is 0 Å². The predicted octanol–water partition coefficient (Wildman–Crippen LogP) is 1.66. The summed E-state index contributed by atoms with van der Waals surface area (Å²) >= 11 is 0. The van der Waals surface area contributed by atoms with E-state index in [-0.39, 0.29) is 5.91 Å². The first-order valence-corrected chi connectivity index (χ1v) is 11.7. The van der Waals surface area contributed by atoms with Crippen LogP contribution in [0.2, 0.25) is 0 Å². The van der Waals surface area contributed by atoms with E-state index in [1.807, 2.05) is 42.3 Å². The smallest absolute Gasteiger partial charge is 0.330 e. The second-order valence-corrected chi connectivity index (χ2v) is 8.86. The fraction of sp³-hybridized carbons (Fsp3) is 0.417. The Labute approximate surface area is 195 Å². The maximum atomic E-state index is 13.0. The summed E-state index contributed by atoms with van der Waals surface area (Å²) in [6.45, 7) is 5.75. The van der Waals surface area contributed by atoms with Crippen molar-refractivity contribution >= 4 is 28.0 Å².